The van der Waals surface area contributed by atoms with Crippen molar-refractivity contribution in [3.8, 4) is 0 Å². The second-order valence-corrected chi connectivity index (χ2v) is 5.23. The van der Waals surface area contributed by atoms with Crippen LogP contribution in [-0.4, -0.2) is 36.1 Å². The predicted octanol–water partition coefficient (Wildman–Crippen LogP) is 1.18. The van der Waals surface area contributed by atoms with Gasteiger partial charge < -0.3 is 9.64 Å². The Morgan fingerprint density at radius 1 is 1.47 bits per heavy atom. The minimum atomic E-state index is -0.335. The molecule has 2 aliphatic rings. The van der Waals surface area contributed by atoms with Crippen molar-refractivity contribution in [3.05, 3.63) is 17.8 Å². The summed E-state index contributed by atoms with van der Waals surface area (Å²) in [4.78, 5) is 21.1. The summed E-state index contributed by atoms with van der Waals surface area (Å²) in [6, 6.07) is 0. The molecule has 3 rings (SSSR count). The van der Waals surface area contributed by atoms with Crippen molar-refractivity contribution in [2.24, 2.45) is 11.8 Å². The largest absolute Gasteiger partial charge is 0.469 e. The van der Waals surface area contributed by atoms with Crippen LogP contribution in [0.4, 0.5) is 10.2 Å². The van der Waals surface area contributed by atoms with E-state index in [1.54, 1.807) is 4.90 Å². The minimum Gasteiger partial charge on any atom is -0.469 e. The van der Waals surface area contributed by atoms with Crippen molar-refractivity contribution < 1.29 is 13.9 Å². The molecule has 6 heteroatoms. The van der Waals surface area contributed by atoms with E-state index in [0.29, 0.717) is 36.9 Å². The van der Waals surface area contributed by atoms with Crippen molar-refractivity contribution in [1.82, 2.24) is 9.97 Å². The van der Waals surface area contributed by atoms with Gasteiger partial charge in [-0.25, -0.2) is 14.4 Å². The molecule has 0 spiro atoms. The number of ether oxygens (including phenoxy) is 1. The fraction of sp³-hybridized carbons (Fsp3) is 0.615. The fourth-order valence-corrected chi connectivity index (χ4v) is 2.32. The molecule has 1 aliphatic heterocycles. The number of rotatable bonds is 4. The number of hydrogen-bond donors (Lipinski definition) is 0. The molecule has 1 saturated carbocycles. The van der Waals surface area contributed by atoms with Crippen molar-refractivity contribution in [3.63, 3.8) is 0 Å². The van der Waals surface area contributed by atoms with E-state index < -0.39 is 0 Å². The molecular weight excluding hydrogens is 249 g/mol. The van der Waals surface area contributed by atoms with Crippen LogP contribution in [0, 0.1) is 17.7 Å². The number of nitrogens with zero attached hydrogens (tertiary/aromatic N) is 3. The molecule has 0 radical (unpaired) electrons. The smallest absolute Gasteiger partial charge is 0.312 e. The molecule has 1 saturated heterocycles. The van der Waals surface area contributed by atoms with Crippen molar-refractivity contribution in [2.45, 2.75) is 19.3 Å². The van der Waals surface area contributed by atoms with Crippen molar-refractivity contribution >= 4 is 11.8 Å². The van der Waals surface area contributed by atoms with Gasteiger partial charge in [0.25, 0.3) is 0 Å². The number of methoxy groups -OCH3 is 1. The van der Waals surface area contributed by atoms with E-state index in [1.807, 2.05) is 0 Å². The molecule has 1 aromatic heterocycles. The molecule has 19 heavy (non-hydrogen) atoms. The van der Waals surface area contributed by atoms with Crippen LogP contribution in [0.1, 0.15) is 18.5 Å². The summed E-state index contributed by atoms with van der Waals surface area (Å²) in [5, 5.41) is 0. The predicted molar refractivity (Wildman–Crippen MR) is 66.1 cm³/mol. The molecule has 102 valence electrons. The van der Waals surface area contributed by atoms with Crippen LogP contribution < -0.4 is 4.90 Å². The summed E-state index contributed by atoms with van der Waals surface area (Å²) in [5.41, 5.74) is 0.494. The summed E-state index contributed by atoms with van der Waals surface area (Å²) in [6.45, 7) is 0.924. The van der Waals surface area contributed by atoms with Gasteiger partial charge in [-0.3, -0.25) is 4.79 Å². The van der Waals surface area contributed by atoms with E-state index in [9.17, 15) is 9.18 Å². The van der Waals surface area contributed by atoms with Gasteiger partial charge in [0.15, 0.2) is 11.6 Å². The van der Waals surface area contributed by atoms with Crippen LogP contribution >= 0.6 is 0 Å². The first-order chi connectivity index (χ1) is 9.19. The minimum absolute atomic E-state index is 0.175. The average molecular weight is 265 g/mol. The Balaban J connectivity index is 1.70. The van der Waals surface area contributed by atoms with Crippen LogP contribution in [0.5, 0.6) is 0 Å². The van der Waals surface area contributed by atoms with Crippen LogP contribution in [0.2, 0.25) is 0 Å². The third-order valence-corrected chi connectivity index (χ3v) is 3.74. The molecule has 0 amide bonds. The van der Waals surface area contributed by atoms with Crippen LogP contribution in [-0.2, 0) is 16.0 Å². The molecule has 0 unspecified atom stereocenters. The molecule has 1 aromatic rings. The third kappa shape index (κ3) is 2.39. The standard InChI is InChI=1S/C13H16FN3O2/c1-19-13(18)9-5-17(6-9)12-11(14)10(15-7-16-12)4-8-2-3-8/h7-9H,2-6H2,1H3. The summed E-state index contributed by atoms with van der Waals surface area (Å²) in [7, 11) is 1.37. The highest BCUT2D eigenvalue weighted by Crippen LogP contribution is 2.34. The highest BCUT2D eigenvalue weighted by atomic mass is 19.1. The second-order valence-electron chi connectivity index (χ2n) is 5.23. The maximum Gasteiger partial charge on any atom is 0.312 e. The number of hydrogen-bond acceptors (Lipinski definition) is 5. The number of halogens is 1. The Hall–Kier alpha value is -1.72. The number of aromatic nitrogens is 2. The maximum atomic E-state index is 14.3. The lowest BCUT2D eigenvalue weighted by molar-refractivity contribution is -0.146. The molecule has 5 nitrogen and oxygen atoms in total. The van der Waals surface area contributed by atoms with Gasteiger partial charge in [0.05, 0.1) is 18.7 Å². The lowest BCUT2D eigenvalue weighted by Gasteiger charge is -2.38. The fourth-order valence-electron chi connectivity index (χ4n) is 2.32. The lowest BCUT2D eigenvalue weighted by atomic mass is 10.0. The van der Waals surface area contributed by atoms with E-state index >= 15 is 0 Å². The van der Waals surface area contributed by atoms with Crippen molar-refractivity contribution in [1.29, 1.82) is 0 Å². The lowest BCUT2D eigenvalue weighted by Crippen LogP contribution is -2.51. The van der Waals surface area contributed by atoms with Crippen LogP contribution in [0.3, 0.4) is 0 Å². The molecule has 0 N–H and O–H groups in total. The van der Waals surface area contributed by atoms with E-state index in [0.717, 1.165) is 12.8 Å². The van der Waals surface area contributed by atoms with E-state index in [-0.39, 0.29) is 17.7 Å². The van der Waals surface area contributed by atoms with Crippen LogP contribution in [0.15, 0.2) is 6.33 Å². The zero-order chi connectivity index (χ0) is 13.4. The van der Waals surface area contributed by atoms with Crippen molar-refractivity contribution in [2.75, 3.05) is 25.1 Å². The van der Waals surface area contributed by atoms with Gasteiger partial charge in [-0.15, -0.1) is 0 Å². The first-order valence-corrected chi connectivity index (χ1v) is 6.51. The van der Waals surface area contributed by atoms with E-state index in [2.05, 4.69) is 14.7 Å². The van der Waals surface area contributed by atoms with E-state index in [4.69, 9.17) is 0 Å². The third-order valence-electron chi connectivity index (χ3n) is 3.74. The average Bonchev–Trinajstić information content (AvgIpc) is 3.15. The Bertz CT molecular complexity index is 499. The normalized spacial score (nSPS) is 19.2. The molecule has 1 aliphatic carbocycles. The number of anilines is 1. The number of esters is 1. The Morgan fingerprint density at radius 3 is 2.84 bits per heavy atom. The van der Waals surface area contributed by atoms with Gasteiger partial charge in [-0.2, -0.15) is 0 Å². The Kier molecular flexibility index (Phi) is 3.08. The van der Waals surface area contributed by atoms with Gasteiger partial charge >= 0.3 is 5.97 Å². The zero-order valence-corrected chi connectivity index (χ0v) is 10.8. The topological polar surface area (TPSA) is 55.3 Å². The Labute approximate surface area is 110 Å². The monoisotopic (exact) mass is 265 g/mol. The summed E-state index contributed by atoms with van der Waals surface area (Å²) >= 11 is 0. The summed E-state index contributed by atoms with van der Waals surface area (Å²) in [5.74, 6) is 0.134. The summed E-state index contributed by atoms with van der Waals surface area (Å²) < 4.78 is 18.9. The van der Waals surface area contributed by atoms with Gasteiger partial charge in [-0.1, -0.05) is 0 Å². The molecule has 0 atom stereocenters. The first-order valence-electron chi connectivity index (χ1n) is 6.51. The zero-order valence-electron chi connectivity index (χ0n) is 10.8. The SMILES string of the molecule is COC(=O)C1CN(c2ncnc(CC3CC3)c2F)C1. The quantitative estimate of drug-likeness (QED) is 0.765. The van der Waals surface area contributed by atoms with E-state index in [1.165, 1.54) is 13.4 Å². The highest BCUT2D eigenvalue weighted by molar-refractivity contribution is 5.76. The molecule has 0 aromatic carbocycles. The number of carbonyl (C=O) groups is 1. The molecule has 0 bridgehead atoms. The van der Waals surface area contributed by atoms with Gasteiger partial charge in [0.2, 0.25) is 0 Å². The van der Waals surface area contributed by atoms with Crippen LogP contribution in [0.25, 0.3) is 0 Å². The molecule has 2 fully saturated rings. The maximum absolute atomic E-state index is 14.3. The highest BCUT2D eigenvalue weighted by Gasteiger charge is 2.36. The molecule has 2 heterocycles. The summed E-state index contributed by atoms with van der Waals surface area (Å²) in [6.07, 6.45) is 4.41. The molecular formula is C13H16FN3O2. The number of carbonyl (C=O) groups excluding carboxylic acids is 1. The van der Waals surface area contributed by atoms with Gasteiger partial charge in [0.1, 0.15) is 6.33 Å². The van der Waals surface area contributed by atoms with Gasteiger partial charge in [-0.05, 0) is 25.2 Å². The van der Waals surface area contributed by atoms with Gasteiger partial charge in [0, 0.05) is 13.1 Å². The second kappa shape index (κ2) is 4.75. The first kappa shape index (κ1) is 12.3. The Morgan fingerprint density at radius 2 is 2.21 bits per heavy atom.